The quantitative estimate of drug-likeness (QED) is 0.567. The van der Waals surface area contributed by atoms with Crippen LogP contribution < -0.4 is 0 Å². The summed E-state index contributed by atoms with van der Waals surface area (Å²) < 4.78 is 0. The van der Waals surface area contributed by atoms with Crippen LogP contribution in [-0.4, -0.2) is 29.9 Å². The van der Waals surface area contributed by atoms with Crippen molar-refractivity contribution in [3.63, 3.8) is 0 Å². The van der Waals surface area contributed by atoms with E-state index < -0.39 is 0 Å². The van der Waals surface area contributed by atoms with Gasteiger partial charge in [0.05, 0.1) is 6.04 Å². The monoisotopic (exact) mass is 164 g/mol. The standard InChI is InChI=1S/C10H16N2/c1-3-12(4-2)10-7-8-5-6-9(8)11-10/h5-6,8-9H,3-4,7H2,1-2H3. The number of hydrogen-bond donors (Lipinski definition) is 0. The molecule has 1 aliphatic carbocycles. The highest BCUT2D eigenvalue weighted by molar-refractivity contribution is 5.85. The third-order valence-corrected chi connectivity index (χ3v) is 2.84. The van der Waals surface area contributed by atoms with Gasteiger partial charge in [0.1, 0.15) is 5.84 Å². The molecule has 2 heteroatoms. The number of rotatable bonds is 2. The van der Waals surface area contributed by atoms with Crippen LogP contribution in [0.5, 0.6) is 0 Å². The molecular weight excluding hydrogens is 148 g/mol. The Balaban J connectivity index is 2.02. The fraction of sp³-hybridized carbons (Fsp3) is 0.700. The molecule has 0 aromatic rings. The summed E-state index contributed by atoms with van der Waals surface area (Å²) >= 11 is 0. The number of aliphatic imine (C=N–C) groups is 1. The molecule has 1 heterocycles. The molecule has 0 radical (unpaired) electrons. The maximum atomic E-state index is 4.65. The van der Waals surface area contributed by atoms with Gasteiger partial charge in [-0.3, -0.25) is 4.99 Å². The van der Waals surface area contributed by atoms with Gasteiger partial charge in [0, 0.05) is 25.4 Å². The first-order chi connectivity index (χ1) is 5.85. The Kier molecular flexibility index (Phi) is 1.91. The van der Waals surface area contributed by atoms with E-state index in [0.29, 0.717) is 6.04 Å². The van der Waals surface area contributed by atoms with Crippen LogP contribution in [0.3, 0.4) is 0 Å². The molecule has 12 heavy (non-hydrogen) atoms. The number of nitrogens with zero attached hydrogens (tertiary/aromatic N) is 2. The lowest BCUT2D eigenvalue weighted by Gasteiger charge is -2.21. The molecule has 0 aromatic heterocycles. The van der Waals surface area contributed by atoms with E-state index in [-0.39, 0.29) is 0 Å². The lowest BCUT2D eigenvalue weighted by molar-refractivity contribution is 0.456. The average Bonchev–Trinajstić information content (AvgIpc) is 2.33. The zero-order chi connectivity index (χ0) is 8.55. The highest BCUT2D eigenvalue weighted by Gasteiger charge is 2.32. The summed E-state index contributed by atoms with van der Waals surface area (Å²) in [6.45, 7) is 6.57. The van der Waals surface area contributed by atoms with Crippen LogP contribution in [0.2, 0.25) is 0 Å². The van der Waals surface area contributed by atoms with E-state index >= 15 is 0 Å². The maximum Gasteiger partial charge on any atom is 0.100 e. The van der Waals surface area contributed by atoms with Crippen molar-refractivity contribution in [2.24, 2.45) is 10.9 Å². The first-order valence-corrected chi connectivity index (χ1v) is 4.85. The van der Waals surface area contributed by atoms with Gasteiger partial charge < -0.3 is 4.90 Å². The second kappa shape index (κ2) is 2.92. The smallest absolute Gasteiger partial charge is 0.100 e. The van der Waals surface area contributed by atoms with E-state index in [9.17, 15) is 0 Å². The molecule has 2 aliphatic rings. The summed E-state index contributed by atoms with van der Waals surface area (Å²) in [4.78, 5) is 7.02. The third-order valence-electron chi connectivity index (χ3n) is 2.84. The third kappa shape index (κ3) is 1.06. The highest BCUT2D eigenvalue weighted by atomic mass is 15.2. The Morgan fingerprint density at radius 1 is 1.42 bits per heavy atom. The largest absolute Gasteiger partial charge is 0.361 e. The van der Waals surface area contributed by atoms with E-state index in [4.69, 9.17) is 0 Å². The molecule has 0 fully saturated rings. The van der Waals surface area contributed by atoms with Crippen molar-refractivity contribution in [1.29, 1.82) is 0 Å². The molecular formula is C10H16N2. The lowest BCUT2D eigenvalue weighted by Crippen LogP contribution is -2.29. The van der Waals surface area contributed by atoms with Gasteiger partial charge in [0.2, 0.25) is 0 Å². The van der Waals surface area contributed by atoms with E-state index in [1.165, 1.54) is 12.3 Å². The Bertz CT molecular complexity index is 226. The number of amidine groups is 1. The second-order valence-electron chi connectivity index (χ2n) is 3.46. The zero-order valence-electron chi connectivity index (χ0n) is 7.83. The highest BCUT2D eigenvalue weighted by Crippen LogP contribution is 2.31. The van der Waals surface area contributed by atoms with Crippen LogP contribution >= 0.6 is 0 Å². The van der Waals surface area contributed by atoms with Crippen LogP contribution in [-0.2, 0) is 0 Å². The first kappa shape index (κ1) is 7.84. The van der Waals surface area contributed by atoms with Crippen LogP contribution in [0.4, 0.5) is 0 Å². The predicted octanol–water partition coefficient (Wildman–Crippen LogP) is 1.68. The molecule has 0 amide bonds. The van der Waals surface area contributed by atoms with Crippen molar-refractivity contribution in [2.75, 3.05) is 13.1 Å². The van der Waals surface area contributed by atoms with Crippen molar-refractivity contribution in [3.8, 4) is 0 Å². The molecule has 2 atom stereocenters. The van der Waals surface area contributed by atoms with Crippen molar-refractivity contribution in [2.45, 2.75) is 26.3 Å². The molecule has 2 unspecified atom stereocenters. The summed E-state index contributed by atoms with van der Waals surface area (Å²) in [6, 6.07) is 0.528. The number of fused-ring (bicyclic) bond motifs is 1. The van der Waals surface area contributed by atoms with Gasteiger partial charge in [-0.1, -0.05) is 12.2 Å². The molecule has 0 bridgehead atoms. The molecule has 2 rings (SSSR count). The minimum Gasteiger partial charge on any atom is -0.361 e. The molecule has 0 saturated carbocycles. The summed E-state index contributed by atoms with van der Waals surface area (Å²) in [5.74, 6) is 2.06. The van der Waals surface area contributed by atoms with Gasteiger partial charge in [0.25, 0.3) is 0 Å². The van der Waals surface area contributed by atoms with Crippen LogP contribution in [0.25, 0.3) is 0 Å². The van der Waals surface area contributed by atoms with E-state index in [1.807, 2.05) is 0 Å². The van der Waals surface area contributed by atoms with Crippen LogP contribution in [0, 0.1) is 5.92 Å². The van der Waals surface area contributed by atoms with Gasteiger partial charge in [-0.2, -0.15) is 0 Å². The molecule has 0 spiro atoms. The summed E-state index contributed by atoms with van der Waals surface area (Å²) in [6.07, 6.45) is 5.66. The van der Waals surface area contributed by atoms with E-state index in [2.05, 4.69) is 35.9 Å². The molecule has 1 aliphatic heterocycles. The van der Waals surface area contributed by atoms with Crippen LogP contribution in [0.15, 0.2) is 17.1 Å². The van der Waals surface area contributed by atoms with Gasteiger partial charge in [-0.15, -0.1) is 0 Å². The van der Waals surface area contributed by atoms with Gasteiger partial charge in [0.15, 0.2) is 0 Å². The normalized spacial score (nSPS) is 31.0. The van der Waals surface area contributed by atoms with Crippen molar-refractivity contribution in [3.05, 3.63) is 12.2 Å². The molecule has 0 saturated heterocycles. The Morgan fingerprint density at radius 3 is 2.50 bits per heavy atom. The Labute approximate surface area is 74.0 Å². The fourth-order valence-corrected chi connectivity index (χ4v) is 1.93. The minimum atomic E-state index is 0.528. The Morgan fingerprint density at radius 2 is 2.17 bits per heavy atom. The average molecular weight is 164 g/mol. The van der Waals surface area contributed by atoms with E-state index in [1.54, 1.807) is 0 Å². The van der Waals surface area contributed by atoms with Gasteiger partial charge in [-0.25, -0.2) is 0 Å². The number of hydrogen-bond acceptors (Lipinski definition) is 2. The predicted molar refractivity (Wildman–Crippen MR) is 51.4 cm³/mol. The van der Waals surface area contributed by atoms with Gasteiger partial charge in [-0.05, 0) is 13.8 Å². The Hall–Kier alpha value is -0.790. The van der Waals surface area contributed by atoms with E-state index in [0.717, 1.165) is 19.0 Å². The summed E-state index contributed by atoms with van der Waals surface area (Å²) in [5, 5.41) is 0. The molecule has 0 N–H and O–H groups in total. The minimum absolute atomic E-state index is 0.528. The van der Waals surface area contributed by atoms with Crippen LogP contribution in [0.1, 0.15) is 20.3 Å². The zero-order valence-corrected chi connectivity index (χ0v) is 7.83. The molecule has 66 valence electrons. The van der Waals surface area contributed by atoms with Crippen molar-refractivity contribution >= 4 is 5.84 Å². The summed E-state index contributed by atoms with van der Waals surface area (Å²) in [5.41, 5.74) is 0. The summed E-state index contributed by atoms with van der Waals surface area (Å²) in [7, 11) is 0. The first-order valence-electron chi connectivity index (χ1n) is 4.85. The lowest BCUT2D eigenvalue weighted by atomic mass is 9.89. The SMILES string of the molecule is CCN(CC)C1=NC2C=CC2C1. The van der Waals surface area contributed by atoms with Crippen molar-refractivity contribution < 1.29 is 0 Å². The van der Waals surface area contributed by atoms with Gasteiger partial charge >= 0.3 is 0 Å². The van der Waals surface area contributed by atoms with Crippen molar-refractivity contribution in [1.82, 2.24) is 4.90 Å². The molecule has 2 nitrogen and oxygen atoms in total. The maximum absolute atomic E-state index is 4.65. The second-order valence-corrected chi connectivity index (χ2v) is 3.46. The molecule has 0 aromatic carbocycles. The fourth-order valence-electron chi connectivity index (χ4n) is 1.93. The topological polar surface area (TPSA) is 15.6 Å².